The summed E-state index contributed by atoms with van der Waals surface area (Å²) in [6.07, 6.45) is 0. The summed E-state index contributed by atoms with van der Waals surface area (Å²) >= 11 is 0. The quantitative estimate of drug-likeness (QED) is 0.276. The van der Waals surface area contributed by atoms with Crippen LogP contribution in [0.5, 0.6) is 0 Å². The Balaban J connectivity index is 1.91. The van der Waals surface area contributed by atoms with Crippen LogP contribution in [0.2, 0.25) is 0 Å². The van der Waals surface area contributed by atoms with Gasteiger partial charge in [-0.3, -0.25) is 19.3 Å². The molecule has 3 aromatic rings. The average molecular weight is 483 g/mol. The topological polar surface area (TPSA) is 86.7 Å². The third kappa shape index (κ3) is 4.80. The minimum Gasteiger partial charge on any atom is -0.507 e. The van der Waals surface area contributed by atoms with E-state index in [9.17, 15) is 19.5 Å². The Morgan fingerprint density at radius 2 is 1.58 bits per heavy atom. The van der Waals surface area contributed by atoms with Gasteiger partial charge < -0.3 is 10.4 Å². The second-order valence-corrected chi connectivity index (χ2v) is 10.1. The lowest BCUT2D eigenvalue weighted by Gasteiger charge is -2.27. The Morgan fingerprint density at radius 1 is 0.944 bits per heavy atom. The summed E-state index contributed by atoms with van der Waals surface area (Å²) in [5.41, 5.74) is 4.17. The van der Waals surface area contributed by atoms with Crippen LogP contribution in [0.4, 0.5) is 11.4 Å². The van der Waals surface area contributed by atoms with Gasteiger partial charge in [0.25, 0.3) is 11.7 Å². The standard InChI is InChI=1S/C30H30N2O4/c1-18-9-11-21(12-10-18)27(34)25-26(20-13-15-22(16-14-20)30(3,4)5)32(29(36)28(25)35)24-8-6-7-23(17-24)31-19(2)33/h6-17,26,34H,1-5H3,(H,31,33)/b27-25+. The van der Waals surface area contributed by atoms with E-state index in [0.29, 0.717) is 22.5 Å². The first-order chi connectivity index (χ1) is 17.0. The Morgan fingerprint density at radius 3 is 2.17 bits per heavy atom. The number of aliphatic hydroxyl groups is 1. The third-order valence-corrected chi connectivity index (χ3v) is 6.31. The van der Waals surface area contributed by atoms with Gasteiger partial charge in [-0.05, 0) is 41.7 Å². The highest BCUT2D eigenvalue weighted by Crippen LogP contribution is 2.43. The zero-order valence-corrected chi connectivity index (χ0v) is 21.1. The van der Waals surface area contributed by atoms with Crippen molar-refractivity contribution in [3.05, 3.63) is 101 Å². The van der Waals surface area contributed by atoms with E-state index in [-0.39, 0.29) is 22.7 Å². The van der Waals surface area contributed by atoms with Gasteiger partial charge in [-0.1, -0.05) is 80.9 Å². The first kappa shape index (κ1) is 24.9. The summed E-state index contributed by atoms with van der Waals surface area (Å²) in [5, 5.41) is 14.0. The maximum absolute atomic E-state index is 13.4. The number of nitrogens with zero attached hydrogens (tertiary/aromatic N) is 1. The zero-order valence-electron chi connectivity index (χ0n) is 21.1. The molecule has 4 rings (SSSR count). The van der Waals surface area contributed by atoms with Crippen molar-refractivity contribution in [3.63, 3.8) is 0 Å². The number of amides is 2. The summed E-state index contributed by atoms with van der Waals surface area (Å²) < 4.78 is 0. The number of ketones is 1. The molecule has 0 saturated carbocycles. The molecule has 0 spiro atoms. The Bertz CT molecular complexity index is 1360. The molecule has 184 valence electrons. The van der Waals surface area contributed by atoms with Gasteiger partial charge in [0.1, 0.15) is 5.76 Å². The predicted molar refractivity (Wildman–Crippen MR) is 142 cm³/mol. The van der Waals surface area contributed by atoms with E-state index in [1.54, 1.807) is 36.4 Å². The second kappa shape index (κ2) is 9.46. The number of anilines is 2. The summed E-state index contributed by atoms with van der Waals surface area (Å²) in [6.45, 7) is 9.66. The van der Waals surface area contributed by atoms with E-state index in [2.05, 4.69) is 26.1 Å². The molecule has 0 bridgehead atoms. The number of aliphatic hydroxyl groups excluding tert-OH is 1. The fraction of sp³-hybridized carbons (Fsp3) is 0.233. The molecule has 1 saturated heterocycles. The number of carbonyl (C=O) groups is 3. The van der Waals surface area contributed by atoms with Gasteiger partial charge in [-0.2, -0.15) is 0 Å². The number of Topliss-reactive ketones (excluding diaryl/α,β-unsaturated/α-hetero) is 1. The van der Waals surface area contributed by atoms with Crippen LogP contribution >= 0.6 is 0 Å². The highest BCUT2D eigenvalue weighted by Gasteiger charge is 2.47. The van der Waals surface area contributed by atoms with Crippen molar-refractivity contribution in [1.82, 2.24) is 0 Å². The monoisotopic (exact) mass is 482 g/mol. The number of aryl methyl sites for hydroxylation is 1. The molecule has 1 aliphatic rings. The molecule has 2 amide bonds. The normalized spacial score (nSPS) is 17.4. The summed E-state index contributed by atoms with van der Waals surface area (Å²) in [6, 6.07) is 20.8. The molecule has 0 radical (unpaired) electrons. The van der Waals surface area contributed by atoms with E-state index < -0.39 is 17.7 Å². The summed E-state index contributed by atoms with van der Waals surface area (Å²) in [4.78, 5) is 39.7. The van der Waals surface area contributed by atoms with E-state index >= 15 is 0 Å². The minimum atomic E-state index is -0.840. The number of rotatable bonds is 4. The molecule has 1 unspecified atom stereocenters. The van der Waals surface area contributed by atoms with Crippen LogP contribution < -0.4 is 10.2 Å². The maximum atomic E-state index is 13.4. The van der Waals surface area contributed by atoms with Gasteiger partial charge >= 0.3 is 0 Å². The van der Waals surface area contributed by atoms with E-state index in [0.717, 1.165) is 11.1 Å². The number of hydrogen-bond donors (Lipinski definition) is 2. The van der Waals surface area contributed by atoms with Crippen LogP contribution in [0, 0.1) is 6.92 Å². The number of hydrogen-bond acceptors (Lipinski definition) is 4. The van der Waals surface area contributed by atoms with Crippen LogP contribution in [0.15, 0.2) is 78.4 Å². The lowest BCUT2D eigenvalue weighted by Crippen LogP contribution is -2.29. The first-order valence-corrected chi connectivity index (χ1v) is 11.8. The van der Waals surface area contributed by atoms with Gasteiger partial charge in [-0.15, -0.1) is 0 Å². The van der Waals surface area contributed by atoms with Crippen molar-refractivity contribution in [2.24, 2.45) is 0 Å². The average Bonchev–Trinajstić information content (AvgIpc) is 3.09. The minimum absolute atomic E-state index is 0.0253. The van der Waals surface area contributed by atoms with Crippen molar-refractivity contribution >= 4 is 34.7 Å². The Kier molecular flexibility index (Phi) is 6.55. The van der Waals surface area contributed by atoms with Crippen molar-refractivity contribution in [2.45, 2.75) is 46.1 Å². The molecule has 6 heteroatoms. The Labute approximate surface area is 211 Å². The van der Waals surface area contributed by atoms with Crippen molar-refractivity contribution < 1.29 is 19.5 Å². The molecule has 2 N–H and O–H groups in total. The summed E-state index contributed by atoms with van der Waals surface area (Å²) in [5.74, 6) is -1.97. The lowest BCUT2D eigenvalue weighted by atomic mass is 9.85. The molecule has 1 fully saturated rings. The smallest absolute Gasteiger partial charge is 0.300 e. The van der Waals surface area contributed by atoms with Crippen LogP contribution in [0.1, 0.15) is 56.0 Å². The fourth-order valence-electron chi connectivity index (χ4n) is 4.38. The highest BCUT2D eigenvalue weighted by atomic mass is 16.3. The second-order valence-electron chi connectivity index (χ2n) is 10.1. The van der Waals surface area contributed by atoms with E-state index in [1.807, 2.05) is 43.3 Å². The number of nitrogens with one attached hydrogen (secondary N) is 1. The largest absolute Gasteiger partial charge is 0.507 e. The van der Waals surface area contributed by atoms with Crippen LogP contribution in [0.25, 0.3) is 5.76 Å². The molecule has 36 heavy (non-hydrogen) atoms. The molecule has 0 aliphatic carbocycles. The highest BCUT2D eigenvalue weighted by molar-refractivity contribution is 6.51. The molecule has 3 aromatic carbocycles. The van der Waals surface area contributed by atoms with E-state index in [4.69, 9.17) is 0 Å². The third-order valence-electron chi connectivity index (χ3n) is 6.31. The zero-order chi connectivity index (χ0) is 26.2. The van der Waals surface area contributed by atoms with Gasteiger partial charge in [-0.25, -0.2) is 0 Å². The molecule has 1 aliphatic heterocycles. The van der Waals surface area contributed by atoms with Crippen molar-refractivity contribution in [2.75, 3.05) is 10.2 Å². The Hall–Kier alpha value is -4.19. The molecular weight excluding hydrogens is 452 g/mol. The van der Waals surface area contributed by atoms with Crippen LogP contribution in [-0.2, 0) is 19.8 Å². The summed E-state index contributed by atoms with van der Waals surface area (Å²) in [7, 11) is 0. The fourth-order valence-corrected chi connectivity index (χ4v) is 4.38. The van der Waals surface area contributed by atoms with Crippen LogP contribution in [-0.4, -0.2) is 22.7 Å². The lowest BCUT2D eigenvalue weighted by molar-refractivity contribution is -0.132. The molecule has 1 heterocycles. The van der Waals surface area contributed by atoms with Crippen molar-refractivity contribution in [1.29, 1.82) is 0 Å². The molecular formula is C30H30N2O4. The SMILES string of the molecule is CC(=O)Nc1cccc(N2C(=O)C(=O)/C(=C(/O)c3ccc(C)cc3)C2c2ccc(C(C)(C)C)cc2)c1. The van der Waals surface area contributed by atoms with Gasteiger partial charge in [0, 0.05) is 23.9 Å². The first-order valence-electron chi connectivity index (χ1n) is 11.8. The van der Waals surface area contributed by atoms with Crippen LogP contribution in [0.3, 0.4) is 0 Å². The van der Waals surface area contributed by atoms with E-state index in [1.165, 1.54) is 11.8 Å². The maximum Gasteiger partial charge on any atom is 0.300 e. The van der Waals surface area contributed by atoms with Gasteiger partial charge in [0.05, 0.1) is 11.6 Å². The number of carbonyl (C=O) groups excluding carboxylic acids is 3. The number of benzene rings is 3. The molecule has 0 aromatic heterocycles. The van der Waals surface area contributed by atoms with Gasteiger partial charge in [0.15, 0.2) is 0 Å². The molecule has 6 nitrogen and oxygen atoms in total. The molecule has 1 atom stereocenters. The van der Waals surface area contributed by atoms with Gasteiger partial charge in [0.2, 0.25) is 5.91 Å². The van der Waals surface area contributed by atoms with Crippen molar-refractivity contribution in [3.8, 4) is 0 Å². The predicted octanol–water partition coefficient (Wildman–Crippen LogP) is 5.88.